The summed E-state index contributed by atoms with van der Waals surface area (Å²) in [6.07, 6.45) is 3.99. The van der Waals surface area contributed by atoms with E-state index in [0.717, 1.165) is 51.2 Å². The third-order valence-electron chi connectivity index (χ3n) is 7.38. The molecule has 7 nitrogen and oxygen atoms in total. The topological polar surface area (TPSA) is 86.8 Å². The van der Waals surface area contributed by atoms with Gasteiger partial charge in [-0.3, -0.25) is 13.9 Å². The zero-order valence-electron chi connectivity index (χ0n) is 23.1. The lowest BCUT2D eigenvalue weighted by Gasteiger charge is -2.33. The summed E-state index contributed by atoms with van der Waals surface area (Å²) in [5, 5.41) is 3.09. The molecule has 1 aliphatic carbocycles. The quantitative estimate of drug-likeness (QED) is 0.311. The van der Waals surface area contributed by atoms with Crippen molar-refractivity contribution in [3.8, 4) is 0 Å². The molecule has 1 fully saturated rings. The van der Waals surface area contributed by atoms with Gasteiger partial charge < -0.3 is 10.2 Å². The zero-order valence-corrected chi connectivity index (χ0v) is 25.5. The van der Waals surface area contributed by atoms with Crippen LogP contribution in [0.4, 0.5) is 5.69 Å². The minimum atomic E-state index is -4.09. The van der Waals surface area contributed by atoms with E-state index >= 15 is 0 Å². The second-order valence-corrected chi connectivity index (χ2v) is 13.2. The van der Waals surface area contributed by atoms with Crippen molar-refractivity contribution in [3.05, 3.63) is 94.0 Å². The zero-order chi connectivity index (χ0) is 28.9. The lowest BCUT2D eigenvalue weighted by atomic mass is 10.1. The Labute approximate surface area is 245 Å². The monoisotopic (exact) mass is 625 g/mol. The number of rotatable bonds is 10. The first-order chi connectivity index (χ1) is 19.1. The lowest BCUT2D eigenvalue weighted by molar-refractivity contribution is -0.139. The van der Waals surface area contributed by atoms with Gasteiger partial charge in [0.05, 0.1) is 10.6 Å². The highest BCUT2D eigenvalue weighted by Gasteiger charge is 2.33. The first kappa shape index (κ1) is 29.8. The minimum absolute atomic E-state index is 0.0970. The van der Waals surface area contributed by atoms with E-state index in [1.807, 2.05) is 50.2 Å². The maximum Gasteiger partial charge on any atom is 0.264 e. The summed E-state index contributed by atoms with van der Waals surface area (Å²) in [7, 11) is -4.09. The van der Waals surface area contributed by atoms with Crippen LogP contribution in [-0.2, 0) is 26.2 Å². The SMILES string of the molecule is Cc1ccc(S(=O)(=O)N(CC(=O)N(Cc2cccc(Br)c2)[C@H](C)C(=O)NC2CCCC2)c2ccccc2C)cc1. The molecule has 3 aromatic rings. The van der Waals surface area contributed by atoms with Crippen LogP contribution >= 0.6 is 15.9 Å². The molecular weight excluding hydrogens is 590 g/mol. The molecule has 1 saturated carbocycles. The van der Waals surface area contributed by atoms with Crippen molar-refractivity contribution in [2.45, 2.75) is 70.0 Å². The average Bonchev–Trinajstić information content (AvgIpc) is 3.43. The molecule has 0 aromatic heterocycles. The molecule has 0 radical (unpaired) electrons. The van der Waals surface area contributed by atoms with Gasteiger partial charge in [-0.1, -0.05) is 76.8 Å². The molecule has 4 rings (SSSR count). The van der Waals surface area contributed by atoms with Crippen LogP contribution in [-0.4, -0.2) is 43.8 Å². The molecule has 40 heavy (non-hydrogen) atoms. The van der Waals surface area contributed by atoms with Gasteiger partial charge in [-0.15, -0.1) is 0 Å². The van der Waals surface area contributed by atoms with Crippen molar-refractivity contribution in [2.75, 3.05) is 10.8 Å². The molecule has 1 N–H and O–H groups in total. The number of anilines is 1. The highest BCUT2D eigenvalue weighted by atomic mass is 79.9. The molecule has 0 saturated heterocycles. The Kier molecular flexibility index (Phi) is 9.68. The van der Waals surface area contributed by atoms with Crippen molar-refractivity contribution in [1.82, 2.24) is 10.2 Å². The predicted molar refractivity (Wildman–Crippen MR) is 161 cm³/mol. The molecule has 0 bridgehead atoms. The Morgan fingerprint density at radius 1 is 0.975 bits per heavy atom. The molecule has 0 aliphatic heterocycles. The molecule has 0 heterocycles. The number of halogens is 1. The molecular formula is C31H36BrN3O4S. The Balaban J connectivity index is 1.69. The molecule has 212 valence electrons. The Morgan fingerprint density at radius 2 is 1.65 bits per heavy atom. The lowest BCUT2D eigenvalue weighted by Crippen LogP contribution is -2.52. The van der Waals surface area contributed by atoms with Crippen LogP contribution in [0.3, 0.4) is 0 Å². The Bertz CT molecular complexity index is 1450. The molecule has 1 aliphatic rings. The van der Waals surface area contributed by atoms with Gasteiger partial charge in [0.25, 0.3) is 10.0 Å². The first-order valence-electron chi connectivity index (χ1n) is 13.6. The second-order valence-electron chi connectivity index (χ2n) is 10.4. The molecule has 9 heteroatoms. The summed E-state index contributed by atoms with van der Waals surface area (Å²) in [6, 6.07) is 20.5. The minimum Gasteiger partial charge on any atom is -0.352 e. The van der Waals surface area contributed by atoms with Gasteiger partial charge in [-0.25, -0.2) is 8.42 Å². The normalized spacial score (nSPS) is 14.5. The summed E-state index contributed by atoms with van der Waals surface area (Å²) < 4.78 is 29.9. The number of aryl methyl sites for hydroxylation is 2. The smallest absolute Gasteiger partial charge is 0.264 e. The van der Waals surface area contributed by atoms with E-state index in [4.69, 9.17) is 0 Å². The molecule has 3 aromatic carbocycles. The van der Waals surface area contributed by atoms with E-state index in [1.54, 1.807) is 43.3 Å². The summed E-state index contributed by atoms with van der Waals surface area (Å²) in [5.41, 5.74) is 2.89. The van der Waals surface area contributed by atoms with E-state index in [9.17, 15) is 18.0 Å². The van der Waals surface area contributed by atoms with Crippen molar-refractivity contribution < 1.29 is 18.0 Å². The highest BCUT2D eigenvalue weighted by Crippen LogP contribution is 2.28. The first-order valence-corrected chi connectivity index (χ1v) is 15.8. The van der Waals surface area contributed by atoms with Gasteiger partial charge in [0, 0.05) is 17.1 Å². The van der Waals surface area contributed by atoms with E-state index in [0.29, 0.717) is 5.69 Å². The maximum absolute atomic E-state index is 14.1. The van der Waals surface area contributed by atoms with Gasteiger partial charge in [0.2, 0.25) is 11.8 Å². The average molecular weight is 627 g/mol. The number of benzene rings is 3. The van der Waals surface area contributed by atoms with Crippen LogP contribution in [0.2, 0.25) is 0 Å². The third-order valence-corrected chi connectivity index (χ3v) is 9.65. The van der Waals surface area contributed by atoms with Crippen LogP contribution in [0.15, 0.2) is 82.2 Å². The molecule has 0 unspecified atom stereocenters. The number of hydrogen-bond acceptors (Lipinski definition) is 4. The number of para-hydroxylation sites is 1. The van der Waals surface area contributed by atoms with Gasteiger partial charge in [-0.05, 0) is 75.1 Å². The number of nitrogens with one attached hydrogen (secondary N) is 1. The fraction of sp³-hybridized carbons (Fsp3) is 0.355. The van der Waals surface area contributed by atoms with Crippen LogP contribution < -0.4 is 9.62 Å². The fourth-order valence-corrected chi connectivity index (χ4v) is 6.93. The van der Waals surface area contributed by atoms with Crippen molar-refractivity contribution in [1.29, 1.82) is 0 Å². The standard InChI is InChI=1S/C31H36BrN3O4S/c1-22-15-17-28(18-16-22)40(38,39)35(29-14-7-4-9-23(29)2)21-30(36)34(20-25-10-8-11-26(32)19-25)24(3)31(37)33-27-12-5-6-13-27/h4,7-11,14-19,24,27H,5-6,12-13,20-21H2,1-3H3,(H,33,37)/t24-/m1/s1. The fourth-order valence-electron chi connectivity index (χ4n) is 5.00. The molecule has 0 spiro atoms. The number of sulfonamides is 1. The molecule has 1 atom stereocenters. The number of amides is 2. The van der Waals surface area contributed by atoms with E-state index in [1.165, 1.54) is 4.90 Å². The van der Waals surface area contributed by atoms with E-state index in [-0.39, 0.29) is 23.4 Å². The van der Waals surface area contributed by atoms with Crippen LogP contribution in [0.25, 0.3) is 0 Å². The summed E-state index contributed by atoms with van der Waals surface area (Å²) in [6.45, 7) is 5.11. The predicted octanol–water partition coefficient (Wildman–Crippen LogP) is 5.74. The van der Waals surface area contributed by atoms with E-state index in [2.05, 4.69) is 21.2 Å². The Hall–Kier alpha value is -3.17. The van der Waals surface area contributed by atoms with Crippen LogP contribution in [0, 0.1) is 13.8 Å². The summed E-state index contributed by atoms with van der Waals surface area (Å²) in [5.74, 6) is -0.702. The summed E-state index contributed by atoms with van der Waals surface area (Å²) in [4.78, 5) is 29.0. The van der Waals surface area contributed by atoms with E-state index < -0.39 is 28.5 Å². The number of carbonyl (C=O) groups excluding carboxylic acids is 2. The maximum atomic E-state index is 14.1. The second kappa shape index (κ2) is 13.0. The summed E-state index contributed by atoms with van der Waals surface area (Å²) >= 11 is 3.48. The Morgan fingerprint density at radius 3 is 2.30 bits per heavy atom. The number of carbonyl (C=O) groups is 2. The van der Waals surface area contributed by atoms with Gasteiger partial charge in [0.1, 0.15) is 12.6 Å². The van der Waals surface area contributed by atoms with Crippen molar-refractivity contribution in [2.24, 2.45) is 0 Å². The van der Waals surface area contributed by atoms with Crippen LogP contribution in [0.5, 0.6) is 0 Å². The van der Waals surface area contributed by atoms with Gasteiger partial charge >= 0.3 is 0 Å². The van der Waals surface area contributed by atoms with Crippen molar-refractivity contribution in [3.63, 3.8) is 0 Å². The van der Waals surface area contributed by atoms with Crippen LogP contribution in [0.1, 0.15) is 49.3 Å². The largest absolute Gasteiger partial charge is 0.352 e. The highest BCUT2D eigenvalue weighted by molar-refractivity contribution is 9.10. The van der Waals surface area contributed by atoms with Crippen molar-refractivity contribution >= 4 is 43.5 Å². The van der Waals surface area contributed by atoms with Gasteiger partial charge in [0.15, 0.2) is 0 Å². The van der Waals surface area contributed by atoms with Gasteiger partial charge in [-0.2, -0.15) is 0 Å². The number of nitrogens with zero attached hydrogens (tertiary/aromatic N) is 2. The third kappa shape index (κ3) is 7.12. The molecule has 2 amide bonds. The number of hydrogen-bond donors (Lipinski definition) is 1.